The second-order valence-electron chi connectivity index (χ2n) is 15.9. The molecule has 0 bridgehead atoms. The van der Waals surface area contributed by atoms with E-state index in [4.69, 9.17) is 0 Å². The molecule has 2 aromatic carbocycles. The minimum absolute atomic E-state index is 0.463. The van der Waals surface area contributed by atoms with Crippen molar-refractivity contribution in [1.29, 1.82) is 0 Å². The van der Waals surface area contributed by atoms with E-state index in [2.05, 4.69) is 125 Å². The summed E-state index contributed by atoms with van der Waals surface area (Å²) >= 11 is 0. The summed E-state index contributed by atoms with van der Waals surface area (Å²) in [7, 11) is 0. The van der Waals surface area contributed by atoms with Gasteiger partial charge in [0, 0.05) is 51.6 Å². The van der Waals surface area contributed by atoms with Crippen LogP contribution in [0, 0.1) is 11.8 Å². The zero-order valence-corrected chi connectivity index (χ0v) is 29.4. The zero-order valence-electron chi connectivity index (χ0n) is 29.4. The summed E-state index contributed by atoms with van der Waals surface area (Å²) in [5.74, 6) is 2.69. The first kappa shape index (κ1) is 30.5. The highest BCUT2D eigenvalue weighted by Gasteiger charge is 2.42. The highest BCUT2D eigenvalue weighted by Crippen LogP contribution is 2.52. The van der Waals surface area contributed by atoms with Crippen LogP contribution in [-0.4, -0.2) is 10.6 Å². The molecular weight excluding hydrogens is 605 g/mol. The van der Waals surface area contributed by atoms with Crippen LogP contribution in [-0.2, 0) is 6.42 Å². The molecule has 0 amide bonds. The monoisotopic (exact) mass is 654 g/mol. The maximum Gasteiger partial charge on any atom is 0.0537 e. The van der Waals surface area contributed by atoms with Gasteiger partial charge in [-0.25, -0.2) is 0 Å². The number of hydrogen-bond acceptors (Lipinski definition) is 1. The van der Waals surface area contributed by atoms with Crippen molar-refractivity contribution in [2.75, 3.05) is 4.90 Å². The lowest BCUT2D eigenvalue weighted by atomic mass is 9.76. The van der Waals surface area contributed by atoms with Crippen molar-refractivity contribution >= 4 is 28.4 Å². The Morgan fingerprint density at radius 3 is 2.48 bits per heavy atom. The molecular formula is C48H50N2. The van der Waals surface area contributed by atoms with Gasteiger partial charge in [0.2, 0.25) is 0 Å². The van der Waals surface area contributed by atoms with Gasteiger partial charge in [0.15, 0.2) is 0 Å². The smallest absolute Gasteiger partial charge is 0.0537 e. The Morgan fingerprint density at radius 1 is 0.680 bits per heavy atom. The van der Waals surface area contributed by atoms with E-state index < -0.39 is 0 Å². The molecule has 2 heterocycles. The first-order chi connectivity index (χ1) is 24.8. The van der Waals surface area contributed by atoms with Crippen molar-refractivity contribution in [2.45, 2.75) is 101 Å². The highest BCUT2D eigenvalue weighted by atomic mass is 15.2. The first-order valence-electron chi connectivity index (χ1n) is 19.8. The Labute approximate surface area is 298 Å². The van der Waals surface area contributed by atoms with Gasteiger partial charge >= 0.3 is 0 Å². The van der Waals surface area contributed by atoms with Crippen LogP contribution in [0.15, 0.2) is 126 Å². The van der Waals surface area contributed by atoms with E-state index >= 15 is 0 Å². The summed E-state index contributed by atoms with van der Waals surface area (Å²) in [5, 5.41) is 1.42. The molecule has 0 fully saturated rings. The largest absolute Gasteiger partial charge is 0.341 e. The summed E-state index contributed by atoms with van der Waals surface area (Å²) < 4.78 is 2.65. The second-order valence-corrected chi connectivity index (χ2v) is 15.9. The molecule has 0 saturated heterocycles. The number of rotatable bonds is 5. The SMILES string of the molecule is C1=CCCC(n2c3c(c4ccc(C5C=CC=CC5)cc42)C=C(C2=CC4c5ccccc5N(C5=CCC(C6CC=CCC6)CC5)C4CC2)CC3)=C1. The van der Waals surface area contributed by atoms with Gasteiger partial charge in [-0.1, -0.05) is 91.1 Å². The maximum atomic E-state index is 2.80. The fourth-order valence-electron chi connectivity index (χ4n) is 10.7. The van der Waals surface area contributed by atoms with Gasteiger partial charge in [-0.05, 0) is 142 Å². The molecule has 1 aliphatic heterocycles. The molecule has 252 valence electrons. The third kappa shape index (κ3) is 5.21. The average molecular weight is 655 g/mol. The van der Waals surface area contributed by atoms with Crippen LogP contribution >= 0.6 is 0 Å². The fourth-order valence-corrected chi connectivity index (χ4v) is 10.7. The summed E-state index contributed by atoms with van der Waals surface area (Å²) in [6.07, 6.45) is 44.6. The number of allylic oxidation sites excluding steroid dienone is 14. The molecule has 6 aliphatic carbocycles. The Hall–Kier alpha value is -4.30. The number of hydrogen-bond donors (Lipinski definition) is 0. The molecule has 5 unspecified atom stereocenters. The molecule has 0 radical (unpaired) electrons. The van der Waals surface area contributed by atoms with Crippen LogP contribution in [0.3, 0.4) is 0 Å². The van der Waals surface area contributed by atoms with Gasteiger partial charge in [-0.3, -0.25) is 0 Å². The maximum absolute atomic E-state index is 2.80. The van der Waals surface area contributed by atoms with Crippen LogP contribution in [0.1, 0.15) is 111 Å². The van der Waals surface area contributed by atoms with Gasteiger partial charge in [0.05, 0.1) is 5.52 Å². The van der Waals surface area contributed by atoms with E-state index in [0.717, 1.165) is 43.9 Å². The van der Waals surface area contributed by atoms with Gasteiger partial charge in [-0.15, -0.1) is 0 Å². The van der Waals surface area contributed by atoms with Gasteiger partial charge in [0.1, 0.15) is 0 Å². The summed E-state index contributed by atoms with van der Waals surface area (Å²) in [5.41, 5.74) is 15.1. The lowest BCUT2D eigenvalue weighted by molar-refractivity contribution is 0.282. The van der Waals surface area contributed by atoms with Crippen molar-refractivity contribution in [2.24, 2.45) is 11.8 Å². The predicted octanol–water partition coefficient (Wildman–Crippen LogP) is 12.5. The van der Waals surface area contributed by atoms with Crippen LogP contribution < -0.4 is 4.90 Å². The van der Waals surface area contributed by atoms with Crippen molar-refractivity contribution in [3.05, 3.63) is 149 Å². The molecule has 2 nitrogen and oxygen atoms in total. The Balaban J connectivity index is 0.986. The molecule has 0 N–H and O–H groups in total. The van der Waals surface area contributed by atoms with Crippen molar-refractivity contribution in [1.82, 2.24) is 4.57 Å². The summed E-state index contributed by atoms with van der Waals surface area (Å²) in [6, 6.07) is 17.3. The van der Waals surface area contributed by atoms with E-state index in [9.17, 15) is 0 Å². The van der Waals surface area contributed by atoms with Crippen molar-refractivity contribution in [3.8, 4) is 0 Å². The predicted molar refractivity (Wildman–Crippen MR) is 211 cm³/mol. The van der Waals surface area contributed by atoms with E-state index in [1.54, 1.807) is 22.4 Å². The molecule has 7 aliphatic rings. The van der Waals surface area contributed by atoms with Gasteiger partial charge < -0.3 is 9.47 Å². The van der Waals surface area contributed by atoms with Crippen molar-refractivity contribution < 1.29 is 0 Å². The van der Waals surface area contributed by atoms with E-state index in [-0.39, 0.29) is 0 Å². The molecule has 5 atom stereocenters. The second kappa shape index (κ2) is 12.8. The van der Waals surface area contributed by atoms with Crippen LogP contribution in [0.4, 0.5) is 5.69 Å². The lowest BCUT2D eigenvalue weighted by Gasteiger charge is -2.38. The minimum Gasteiger partial charge on any atom is -0.341 e. The standard InChI is InChI=1S/C48H50N2/c1-4-12-33(13-5-1)35-20-25-40(26-21-35)49-45-19-11-10-18-41(45)43-30-36(23-28-46(43)49)37-24-29-47-44(31-37)42-27-22-38(34-14-6-2-7-15-34)32-48(42)50(47)39-16-8-3-9-17-39/h1-4,6-8,10-11,14,16,18-19,22,25,27,30-35,43,46H,5,9,12-13,15,17,20-21,23-24,26,28-29H2. The zero-order chi connectivity index (χ0) is 33.0. The highest BCUT2D eigenvalue weighted by molar-refractivity contribution is 5.96. The summed E-state index contributed by atoms with van der Waals surface area (Å²) in [6.45, 7) is 0. The Morgan fingerprint density at radius 2 is 1.64 bits per heavy atom. The topological polar surface area (TPSA) is 8.17 Å². The number of para-hydroxylation sites is 1. The average Bonchev–Trinajstić information content (AvgIpc) is 3.70. The first-order valence-corrected chi connectivity index (χ1v) is 19.8. The van der Waals surface area contributed by atoms with Gasteiger partial charge in [0.25, 0.3) is 0 Å². The number of fused-ring (bicyclic) bond motifs is 6. The van der Waals surface area contributed by atoms with E-state index in [1.165, 1.54) is 90.5 Å². The normalized spacial score (nSPS) is 28.5. The molecule has 1 aromatic heterocycles. The molecule has 2 heteroatoms. The lowest BCUT2D eigenvalue weighted by Crippen LogP contribution is -2.36. The number of nitrogens with zero attached hydrogens (tertiary/aromatic N) is 2. The molecule has 3 aromatic rings. The van der Waals surface area contributed by atoms with Crippen LogP contribution in [0.25, 0.3) is 22.7 Å². The quantitative estimate of drug-likeness (QED) is 0.249. The molecule has 50 heavy (non-hydrogen) atoms. The Kier molecular flexibility index (Phi) is 7.81. The number of aromatic nitrogens is 1. The fraction of sp³-hybridized carbons (Fsp3) is 0.375. The third-order valence-electron chi connectivity index (χ3n) is 13.3. The third-order valence-corrected chi connectivity index (χ3v) is 13.3. The Bertz CT molecular complexity index is 2080. The van der Waals surface area contributed by atoms with Crippen molar-refractivity contribution in [3.63, 3.8) is 0 Å². The summed E-state index contributed by atoms with van der Waals surface area (Å²) in [4.78, 5) is 2.80. The van der Waals surface area contributed by atoms with Gasteiger partial charge in [-0.2, -0.15) is 0 Å². The molecule has 10 rings (SSSR count). The minimum atomic E-state index is 0.463. The van der Waals surface area contributed by atoms with E-state index in [0.29, 0.717) is 17.9 Å². The number of anilines is 1. The van der Waals surface area contributed by atoms with E-state index in [1.807, 2.05) is 0 Å². The van der Waals surface area contributed by atoms with Crippen LogP contribution in [0.2, 0.25) is 0 Å². The van der Waals surface area contributed by atoms with Crippen LogP contribution in [0.5, 0.6) is 0 Å². The molecule has 0 saturated carbocycles. The number of benzene rings is 2. The molecule has 0 spiro atoms.